The highest BCUT2D eigenvalue weighted by Gasteiger charge is 2.37. The molecule has 2 atom stereocenters. The molecule has 0 amide bonds. The highest BCUT2D eigenvalue weighted by molar-refractivity contribution is 7.99. The van der Waals surface area contributed by atoms with Gasteiger partial charge in [-0.2, -0.15) is 5.26 Å². The van der Waals surface area contributed by atoms with Gasteiger partial charge in [0.15, 0.2) is 8.32 Å². The van der Waals surface area contributed by atoms with Crippen LogP contribution in [0.25, 0.3) is 10.4 Å². The Kier molecular flexibility index (Phi) is 8.72. The molecule has 0 aliphatic rings. The molecule has 0 aliphatic carbocycles. The minimum Gasteiger partial charge on any atom is -0.416 e. The minimum atomic E-state index is -1.97. The Morgan fingerprint density at radius 1 is 1.23 bits per heavy atom. The monoisotopic (exact) mass is 453 g/mol. The summed E-state index contributed by atoms with van der Waals surface area (Å²) in [6.07, 6.45) is 0.591. The summed E-state index contributed by atoms with van der Waals surface area (Å²) in [4.78, 5) is 7.68. The van der Waals surface area contributed by atoms with Gasteiger partial charge in [-0.15, -0.1) is 0 Å². The van der Waals surface area contributed by atoms with Crippen molar-refractivity contribution in [1.29, 1.82) is 5.26 Å². The molecule has 0 aliphatic heterocycles. The quantitative estimate of drug-likeness (QED) is 0.132. The first-order chi connectivity index (χ1) is 14.6. The number of rotatable bonds is 9. The molecular formula is C23H31N5OSSi. The van der Waals surface area contributed by atoms with Crippen LogP contribution in [0.15, 0.2) is 52.6 Å². The zero-order valence-electron chi connectivity index (χ0n) is 19.2. The highest BCUT2D eigenvalue weighted by Crippen LogP contribution is 2.41. The molecule has 8 heteroatoms. The van der Waals surface area contributed by atoms with Gasteiger partial charge in [0.25, 0.3) is 0 Å². The van der Waals surface area contributed by atoms with Gasteiger partial charge in [-0.1, -0.05) is 68.0 Å². The summed E-state index contributed by atoms with van der Waals surface area (Å²) in [6, 6.07) is 15.6. The molecule has 0 radical (unpaired) electrons. The highest BCUT2D eigenvalue weighted by atomic mass is 32.2. The van der Waals surface area contributed by atoms with Gasteiger partial charge in [0.1, 0.15) is 11.1 Å². The SMILES string of the molecule is Cc1ccc(C#N)c(S[C@H](C[C@@H](CO[Si](C)(C)C(C)(C)C)N=[N+]=[N-])c2ccccc2)n1. The molecule has 6 nitrogen and oxygen atoms in total. The van der Waals surface area contributed by atoms with E-state index in [9.17, 15) is 5.26 Å². The fourth-order valence-corrected chi connectivity index (χ4v) is 5.11. The van der Waals surface area contributed by atoms with Crippen molar-refractivity contribution in [2.45, 2.75) is 68.6 Å². The van der Waals surface area contributed by atoms with Gasteiger partial charge < -0.3 is 4.43 Å². The van der Waals surface area contributed by atoms with Crippen LogP contribution < -0.4 is 0 Å². The molecule has 0 saturated heterocycles. The summed E-state index contributed by atoms with van der Waals surface area (Å²) < 4.78 is 6.36. The molecule has 0 spiro atoms. The van der Waals surface area contributed by atoms with E-state index in [0.717, 1.165) is 11.3 Å². The lowest BCUT2D eigenvalue weighted by molar-refractivity contribution is 0.257. The number of aryl methyl sites for hydroxylation is 1. The number of benzene rings is 1. The van der Waals surface area contributed by atoms with Crippen molar-refractivity contribution in [2.75, 3.05) is 6.61 Å². The number of hydrogen-bond acceptors (Lipinski definition) is 5. The van der Waals surface area contributed by atoms with Crippen LogP contribution in [0.4, 0.5) is 0 Å². The molecule has 0 bridgehead atoms. The van der Waals surface area contributed by atoms with E-state index in [-0.39, 0.29) is 16.3 Å². The first-order valence-corrected chi connectivity index (χ1v) is 14.1. The van der Waals surface area contributed by atoms with Crippen molar-refractivity contribution in [1.82, 2.24) is 4.98 Å². The molecule has 164 valence electrons. The zero-order valence-corrected chi connectivity index (χ0v) is 21.0. The number of nitriles is 1. The van der Waals surface area contributed by atoms with Crippen LogP contribution in [0.2, 0.25) is 18.1 Å². The Morgan fingerprint density at radius 2 is 1.90 bits per heavy atom. The average molecular weight is 454 g/mol. The maximum Gasteiger partial charge on any atom is 0.191 e. The smallest absolute Gasteiger partial charge is 0.191 e. The van der Waals surface area contributed by atoms with Gasteiger partial charge in [-0.05, 0) is 54.7 Å². The van der Waals surface area contributed by atoms with E-state index >= 15 is 0 Å². The van der Waals surface area contributed by atoms with Crippen molar-refractivity contribution >= 4 is 20.1 Å². The Hall–Kier alpha value is -2.30. The fourth-order valence-electron chi connectivity index (χ4n) is 2.75. The lowest BCUT2D eigenvalue weighted by atomic mass is 10.1. The molecule has 0 fully saturated rings. The lowest BCUT2D eigenvalue weighted by Gasteiger charge is -2.37. The second kappa shape index (κ2) is 10.8. The Balaban J connectivity index is 2.30. The van der Waals surface area contributed by atoms with Crippen molar-refractivity contribution < 1.29 is 4.43 Å². The Bertz CT molecular complexity index is 962. The maximum absolute atomic E-state index is 9.52. The van der Waals surface area contributed by atoms with Gasteiger partial charge in [0.2, 0.25) is 0 Å². The van der Waals surface area contributed by atoms with Gasteiger partial charge in [-0.3, -0.25) is 0 Å². The van der Waals surface area contributed by atoms with Crippen LogP contribution in [0.5, 0.6) is 0 Å². The predicted molar refractivity (Wildman–Crippen MR) is 129 cm³/mol. The molecule has 0 saturated carbocycles. The molecule has 1 aromatic heterocycles. The van der Waals surface area contributed by atoms with Gasteiger partial charge in [0, 0.05) is 22.5 Å². The molecule has 0 N–H and O–H groups in total. The summed E-state index contributed by atoms with van der Waals surface area (Å²) in [6.45, 7) is 13.3. The normalized spacial score (nSPS) is 13.7. The van der Waals surface area contributed by atoms with E-state index in [4.69, 9.17) is 9.96 Å². The summed E-state index contributed by atoms with van der Waals surface area (Å²) >= 11 is 1.54. The second-order valence-corrected chi connectivity index (χ2v) is 15.1. The van der Waals surface area contributed by atoms with E-state index in [2.05, 4.69) is 67.1 Å². The largest absolute Gasteiger partial charge is 0.416 e. The molecule has 0 unspecified atom stereocenters. The Labute approximate surface area is 190 Å². The zero-order chi connectivity index (χ0) is 23.1. The second-order valence-electron chi connectivity index (χ2n) is 9.10. The van der Waals surface area contributed by atoms with Crippen LogP contribution in [-0.4, -0.2) is 26.0 Å². The van der Waals surface area contributed by atoms with Gasteiger partial charge in [-0.25, -0.2) is 4.98 Å². The van der Waals surface area contributed by atoms with Crippen molar-refractivity contribution in [3.05, 3.63) is 69.7 Å². The summed E-state index contributed by atoms with van der Waals surface area (Å²) in [7, 11) is -1.97. The van der Waals surface area contributed by atoms with E-state index in [1.54, 1.807) is 6.07 Å². The standard InChI is InChI=1S/C23H31N5OSSi/c1-17-12-13-19(15-24)22(26-17)30-21(18-10-8-7-9-11-18)14-20(27-28-25)16-29-31(5,6)23(2,3)4/h7-13,20-21H,14,16H2,1-6H3/t20-,21+/m0/s1. The number of nitrogens with zero attached hydrogens (tertiary/aromatic N) is 5. The first kappa shape index (κ1) is 25.0. The number of hydrogen-bond donors (Lipinski definition) is 0. The van der Waals surface area contributed by atoms with Crippen LogP contribution in [0.1, 0.15) is 49.3 Å². The number of azide groups is 1. The summed E-state index contributed by atoms with van der Waals surface area (Å²) in [5.74, 6) is 0. The molecular weight excluding hydrogens is 422 g/mol. The number of aromatic nitrogens is 1. The number of pyridine rings is 1. The van der Waals surface area contributed by atoms with E-state index in [1.165, 1.54) is 11.8 Å². The van der Waals surface area contributed by atoms with Crippen molar-refractivity contribution in [3.8, 4) is 6.07 Å². The molecule has 1 heterocycles. The third-order valence-corrected chi connectivity index (χ3v) is 11.5. The van der Waals surface area contributed by atoms with Gasteiger partial charge in [0.05, 0.1) is 11.6 Å². The fraction of sp³-hybridized carbons (Fsp3) is 0.478. The van der Waals surface area contributed by atoms with E-state index in [1.807, 2.05) is 31.2 Å². The van der Waals surface area contributed by atoms with E-state index < -0.39 is 8.32 Å². The Morgan fingerprint density at radius 3 is 2.48 bits per heavy atom. The van der Waals surface area contributed by atoms with Crippen LogP contribution in [-0.2, 0) is 4.43 Å². The van der Waals surface area contributed by atoms with E-state index in [0.29, 0.717) is 23.6 Å². The predicted octanol–water partition coefficient (Wildman–Crippen LogP) is 7.19. The first-order valence-electron chi connectivity index (χ1n) is 10.3. The molecule has 31 heavy (non-hydrogen) atoms. The average Bonchev–Trinajstić information content (AvgIpc) is 2.71. The third-order valence-electron chi connectivity index (χ3n) is 5.69. The van der Waals surface area contributed by atoms with Crippen molar-refractivity contribution in [2.24, 2.45) is 5.11 Å². The van der Waals surface area contributed by atoms with Crippen LogP contribution in [0, 0.1) is 18.3 Å². The van der Waals surface area contributed by atoms with Crippen LogP contribution >= 0.6 is 11.8 Å². The minimum absolute atomic E-state index is 0.0267. The third kappa shape index (κ3) is 7.12. The number of thioether (sulfide) groups is 1. The topological polar surface area (TPSA) is 94.7 Å². The summed E-state index contributed by atoms with van der Waals surface area (Å²) in [5, 5.41) is 14.3. The molecule has 2 rings (SSSR count). The molecule has 2 aromatic rings. The van der Waals surface area contributed by atoms with Crippen LogP contribution in [0.3, 0.4) is 0 Å². The maximum atomic E-state index is 9.52. The molecule has 1 aromatic carbocycles. The lowest BCUT2D eigenvalue weighted by Crippen LogP contribution is -2.42. The summed E-state index contributed by atoms with van der Waals surface area (Å²) in [5.41, 5.74) is 11.7. The van der Waals surface area contributed by atoms with Gasteiger partial charge >= 0.3 is 0 Å². The van der Waals surface area contributed by atoms with Crippen molar-refractivity contribution in [3.63, 3.8) is 0 Å².